The first kappa shape index (κ1) is 31.5. The smallest absolute Gasteiger partial charge is 0.427 e. The lowest BCUT2D eigenvalue weighted by Gasteiger charge is -2.31. The normalized spacial score (nSPS) is 14.0. The third-order valence-electron chi connectivity index (χ3n) is 6.86. The van der Waals surface area contributed by atoms with Gasteiger partial charge < -0.3 is 19.8 Å². The predicted molar refractivity (Wildman–Crippen MR) is 140 cm³/mol. The van der Waals surface area contributed by atoms with Crippen molar-refractivity contribution in [3.05, 3.63) is 124 Å². The zero-order chi connectivity index (χ0) is 31.4. The molecule has 2 aromatic heterocycles. The molecule has 0 bridgehead atoms. The number of nitrogens with zero attached hydrogens (tertiary/aromatic N) is 2. The second kappa shape index (κ2) is 12.9. The van der Waals surface area contributed by atoms with Gasteiger partial charge in [-0.2, -0.15) is 35.5 Å². The molecule has 2 heterocycles. The number of ether oxygens (including phenoxy) is 2. The highest BCUT2D eigenvalue weighted by Gasteiger charge is 2.57. The van der Waals surface area contributed by atoms with Gasteiger partial charge in [0.1, 0.15) is 0 Å². The Hall–Kier alpha value is -4.39. The fraction of sp³-hybridized carbons (Fsp3) is 0.267. The van der Waals surface area contributed by atoms with E-state index < -0.39 is 53.7 Å². The Morgan fingerprint density at radius 1 is 0.814 bits per heavy atom. The predicted octanol–water partition coefficient (Wildman–Crippen LogP) is 6.65. The third kappa shape index (κ3) is 7.16. The van der Waals surface area contributed by atoms with E-state index in [0.717, 1.165) is 30.0 Å². The second-order valence-corrected chi connectivity index (χ2v) is 9.52. The summed E-state index contributed by atoms with van der Waals surface area (Å²) in [6, 6.07) is 13.9. The number of hydrogen-bond acceptors (Lipinski definition) is 5. The summed E-state index contributed by atoms with van der Waals surface area (Å²) in [4.78, 5) is 3.97. The number of alkyl halides is 7. The first-order valence-electron chi connectivity index (χ1n) is 12.9. The van der Waals surface area contributed by atoms with Crippen LogP contribution in [0.2, 0.25) is 0 Å². The van der Waals surface area contributed by atoms with Gasteiger partial charge in [0.25, 0.3) is 0 Å². The van der Waals surface area contributed by atoms with Gasteiger partial charge in [0.2, 0.25) is 5.60 Å². The van der Waals surface area contributed by atoms with Gasteiger partial charge in [0.05, 0.1) is 5.69 Å². The third-order valence-corrected chi connectivity index (χ3v) is 6.86. The second-order valence-electron chi connectivity index (χ2n) is 9.52. The number of benzene rings is 2. The summed E-state index contributed by atoms with van der Waals surface area (Å²) in [6.07, 6.45) is -0.945. The maximum absolute atomic E-state index is 14.3. The molecule has 13 heteroatoms. The summed E-state index contributed by atoms with van der Waals surface area (Å²) in [5.74, 6) is -2.13. The Kier molecular flexibility index (Phi) is 9.43. The van der Waals surface area contributed by atoms with Crippen molar-refractivity contribution >= 4 is 0 Å². The minimum atomic E-state index is -5.14. The summed E-state index contributed by atoms with van der Waals surface area (Å²) < 4.78 is 104. The molecule has 0 saturated carbocycles. The highest BCUT2D eigenvalue weighted by atomic mass is 19.4. The minimum absolute atomic E-state index is 0.0903. The maximum atomic E-state index is 14.3. The summed E-state index contributed by atoms with van der Waals surface area (Å²) in [6.45, 7) is -4.87. The topological polar surface area (TPSA) is 78.5 Å². The van der Waals surface area contributed by atoms with Gasteiger partial charge in [-0.05, 0) is 58.9 Å². The molecule has 0 aliphatic heterocycles. The fourth-order valence-corrected chi connectivity index (χ4v) is 4.63. The number of aryl methyl sites for hydroxylation is 1. The first-order chi connectivity index (χ1) is 20.3. The largest absolute Gasteiger partial charge is 0.619 e. The van der Waals surface area contributed by atoms with Crippen molar-refractivity contribution < 1.29 is 50.0 Å². The standard InChI is InChI=1S/C30H25F7N2O4/c1-2-18-3-7-22(8-4-18)29(40,30(35,36)37)26-10-6-21(17-38-26)23(15-19-11-13-39(41)14-12-19)20-5-9-24(42-27(31)32)25(16-20)43-28(33)34/h3-14,16-17,23,27-28,40H,2,15H2,1H3. The molecule has 0 spiro atoms. The van der Waals surface area contributed by atoms with Gasteiger partial charge in [0.15, 0.2) is 23.9 Å². The Bertz CT molecular complexity index is 1500. The molecule has 43 heavy (non-hydrogen) atoms. The quantitative estimate of drug-likeness (QED) is 0.117. The lowest BCUT2D eigenvalue weighted by Crippen LogP contribution is -2.44. The van der Waals surface area contributed by atoms with Crippen molar-refractivity contribution in [2.24, 2.45) is 0 Å². The average Bonchev–Trinajstić information content (AvgIpc) is 2.96. The number of aromatic nitrogens is 2. The van der Waals surface area contributed by atoms with E-state index in [0.29, 0.717) is 22.3 Å². The number of hydrogen-bond donors (Lipinski definition) is 1. The molecule has 0 saturated heterocycles. The summed E-state index contributed by atoms with van der Waals surface area (Å²) in [5, 5.41) is 22.5. The zero-order valence-corrected chi connectivity index (χ0v) is 22.4. The van der Waals surface area contributed by atoms with Gasteiger partial charge in [-0.3, -0.25) is 4.98 Å². The molecule has 4 rings (SSSR count). The molecule has 0 radical (unpaired) electrons. The molecule has 6 nitrogen and oxygen atoms in total. The van der Waals surface area contributed by atoms with Gasteiger partial charge in [-0.15, -0.1) is 0 Å². The van der Waals surface area contributed by atoms with E-state index in [9.17, 15) is 41.0 Å². The lowest BCUT2D eigenvalue weighted by molar-refractivity contribution is -0.605. The van der Waals surface area contributed by atoms with Crippen molar-refractivity contribution in [2.75, 3.05) is 0 Å². The van der Waals surface area contributed by atoms with E-state index in [1.165, 1.54) is 60.9 Å². The summed E-state index contributed by atoms with van der Waals surface area (Å²) >= 11 is 0. The molecule has 0 aliphatic rings. The van der Waals surface area contributed by atoms with Crippen LogP contribution < -0.4 is 14.2 Å². The van der Waals surface area contributed by atoms with Gasteiger partial charge in [-0.25, -0.2) is 0 Å². The van der Waals surface area contributed by atoms with Crippen LogP contribution in [0.4, 0.5) is 30.7 Å². The molecule has 2 atom stereocenters. The van der Waals surface area contributed by atoms with Crippen LogP contribution in [0.15, 0.2) is 85.3 Å². The Morgan fingerprint density at radius 3 is 1.95 bits per heavy atom. The van der Waals surface area contributed by atoms with Crippen molar-refractivity contribution in [1.29, 1.82) is 0 Å². The molecule has 228 valence electrons. The van der Waals surface area contributed by atoms with E-state index in [2.05, 4.69) is 14.5 Å². The van der Waals surface area contributed by atoms with Crippen LogP contribution in [0, 0.1) is 5.21 Å². The zero-order valence-electron chi connectivity index (χ0n) is 22.4. The van der Waals surface area contributed by atoms with E-state index in [-0.39, 0.29) is 12.0 Å². The number of pyridine rings is 2. The van der Waals surface area contributed by atoms with E-state index in [1.807, 2.05) is 6.92 Å². The van der Waals surface area contributed by atoms with Gasteiger partial charge in [-0.1, -0.05) is 43.3 Å². The van der Waals surface area contributed by atoms with Crippen molar-refractivity contribution in [2.45, 2.75) is 50.7 Å². The molecular formula is C30H25F7N2O4. The molecule has 0 amide bonds. The Morgan fingerprint density at radius 2 is 1.42 bits per heavy atom. The number of rotatable bonds is 11. The molecule has 0 aliphatic carbocycles. The van der Waals surface area contributed by atoms with Crippen LogP contribution in [0.25, 0.3) is 0 Å². The van der Waals surface area contributed by atoms with Crippen molar-refractivity contribution in [1.82, 2.24) is 4.98 Å². The first-order valence-corrected chi connectivity index (χ1v) is 12.9. The maximum Gasteiger partial charge on any atom is 0.427 e. The van der Waals surface area contributed by atoms with Crippen LogP contribution in [0.3, 0.4) is 0 Å². The highest BCUT2D eigenvalue weighted by molar-refractivity contribution is 5.47. The molecule has 2 unspecified atom stereocenters. The molecule has 2 aromatic carbocycles. The summed E-state index contributed by atoms with van der Waals surface area (Å²) in [5.41, 5.74) is -2.71. The van der Waals surface area contributed by atoms with Crippen LogP contribution >= 0.6 is 0 Å². The van der Waals surface area contributed by atoms with Crippen molar-refractivity contribution in [3.63, 3.8) is 0 Å². The SMILES string of the molecule is CCc1ccc(C(O)(c2ccc(C(Cc3cc[n+]([O-])cc3)c3ccc(OC(F)F)c(OC(F)F)c3)cn2)C(F)(F)F)cc1. The Labute approximate surface area is 241 Å². The molecule has 0 fully saturated rings. The summed E-state index contributed by atoms with van der Waals surface area (Å²) in [7, 11) is 0. The number of halogens is 7. The van der Waals surface area contributed by atoms with Crippen molar-refractivity contribution in [3.8, 4) is 11.5 Å². The van der Waals surface area contributed by atoms with Crippen LogP contribution in [0.1, 0.15) is 46.4 Å². The molecule has 4 aromatic rings. The lowest BCUT2D eigenvalue weighted by atomic mass is 9.85. The number of aliphatic hydroxyl groups is 1. The van der Waals surface area contributed by atoms with Crippen LogP contribution in [-0.4, -0.2) is 29.5 Å². The minimum Gasteiger partial charge on any atom is -0.619 e. The van der Waals surface area contributed by atoms with Gasteiger partial charge in [0, 0.05) is 24.2 Å². The average molecular weight is 611 g/mol. The van der Waals surface area contributed by atoms with E-state index in [4.69, 9.17) is 0 Å². The molecular weight excluding hydrogens is 585 g/mol. The molecule has 1 N–H and O–H groups in total. The monoisotopic (exact) mass is 610 g/mol. The van der Waals surface area contributed by atoms with Gasteiger partial charge >= 0.3 is 19.4 Å². The van der Waals surface area contributed by atoms with Crippen LogP contribution in [0.5, 0.6) is 11.5 Å². The fourth-order valence-electron chi connectivity index (χ4n) is 4.63. The van der Waals surface area contributed by atoms with E-state index >= 15 is 0 Å². The van der Waals surface area contributed by atoms with E-state index in [1.54, 1.807) is 0 Å². The van der Waals surface area contributed by atoms with Crippen LogP contribution in [-0.2, 0) is 18.4 Å². The Balaban J connectivity index is 1.79. The highest BCUT2D eigenvalue weighted by Crippen LogP contribution is 2.44.